The van der Waals surface area contributed by atoms with Gasteiger partial charge in [0.15, 0.2) is 0 Å². The van der Waals surface area contributed by atoms with Gasteiger partial charge >= 0.3 is 0 Å². The Morgan fingerprint density at radius 2 is 1.65 bits per heavy atom. The molecule has 2 aromatic carbocycles. The zero-order chi connectivity index (χ0) is 22.1. The summed E-state index contributed by atoms with van der Waals surface area (Å²) < 4.78 is 1.76. The molecule has 0 atom stereocenters. The summed E-state index contributed by atoms with van der Waals surface area (Å²) in [4.78, 5) is 26.1. The quantitative estimate of drug-likeness (QED) is 0.483. The maximum Gasteiger partial charge on any atom is 0.271 e. The average molecular weight is 408 g/mol. The molecule has 0 saturated heterocycles. The number of likely N-dealkylation sites (N-methyl/N-ethyl adjacent to an activating group) is 1. The van der Waals surface area contributed by atoms with E-state index in [1.807, 2.05) is 73.8 Å². The van der Waals surface area contributed by atoms with Crippen molar-refractivity contribution in [3.05, 3.63) is 88.6 Å². The second-order valence-electron chi connectivity index (χ2n) is 7.42. The standard InChI is InChI=1S/C25H20N4O2/c1-16-9-11-18(12-10-16)23-19(15-29(27-23)20-7-5-4-6-8-20)13-21-17(2)22(14-26)25(31)28(3)24(21)30/h4-13,15H,1-3H3/b21-13+. The SMILES string of the molecule is CC1=C(C#N)C(=O)N(C)C(=O)/C1=C/c1cn(-c2ccccc2)nc1-c1ccc(C)cc1. The fourth-order valence-electron chi connectivity index (χ4n) is 3.49. The number of hydrogen-bond acceptors (Lipinski definition) is 4. The lowest BCUT2D eigenvalue weighted by Crippen LogP contribution is -2.39. The van der Waals surface area contributed by atoms with Gasteiger partial charge in [-0.05, 0) is 37.6 Å². The van der Waals surface area contributed by atoms with Crippen molar-refractivity contribution in [2.45, 2.75) is 13.8 Å². The topological polar surface area (TPSA) is 79.0 Å². The van der Waals surface area contributed by atoms with E-state index in [4.69, 9.17) is 5.10 Å². The Hall–Kier alpha value is -4.24. The predicted octanol–water partition coefficient (Wildman–Crippen LogP) is 4.07. The molecule has 0 N–H and O–H groups in total. The van der Waals surface area contributed by atoms with Crippen molar-refractivity contribution in [3.63, 3.8) is 0 Å². The lowest BCUT2D eigenvalue weighted by atomic mass is 9.93. The van der Waals surface area contributed by atoms with Crippen molar-refractivity contribution in [2.24, 2.45) is 0 Å². The van der Waals surface area contributed by atoms with Crippen LogP contribution in [-0.4, -0.2) is 33.5 Å². The van der Waals surface area contributed by atoms with Gasteiger partial charge in [0.1, 0.15) is 11.6 Å². The lowest BCUT2D eigenvalue weighted by molar-refractivity contribution is -0.138. The van der Waals surface area contributed by atoms with Crippen LogP contribution >= 0.6 is 0 Å². The molecule has 0 spiro atoms. The molecular formula is C25H20N4O2. The minimum absolute atomic E-state index is 0.0271. The number of benzene rings is 2. The van der Waals surface area contributed by atoms with Gasteiger partial charge in [0.2, 0.25) is 0 Å². The maximum absolute atomic E-state index is 12.8. The molecule has 0 unspecified atom stereocenters. The number of imide groups is 1. The zero-order valence-electron chi connectivity index (χ0n) is 17.5. The number of nitrogens with zero attached hydrogens (tertiary/aromatic N) is 4. The van der Waals surface area contributed by atoms with Crippen LogP contribution in [0.1, 0.15) is 18.1 Å². The van der Waals surface area contributed by atoms with Gasteiger partial charge in [-0.1, -0.05) is 48.0 Å². The Labute approximate surface area is 180 Å². The third-order valence-electron chi connectivity index (χ3n) is 5.33. The van der Waals surface area contributed by atoms with Crippen LogP contribution in [0.15, 0.2) is 77.5 Å². The van der Waals surface area contributed by atoms with Gasteiger partial charge in [-0.15, -0.1) is 0 Å². The zero-order valence-corrected chi connectivity index (χ0v) is 17.5. The van der Waals surface area contributed by atoms with Crippen LogP contribution in [0, 0.1) is 18.3 Å². The van der Waals surface area contributed by atoms with Crippen LogP contribution in [0.25, 0.3) is 23.0 Å². The van der Waals surface area contributed by atoms with Crippen LogP contribution in [0.2, 0.25) is 0 Å². The Kier molecular flexibility index (Phi) is 5.10. The highest BCUT2D eigenvalue weighted by Crippen LogP contribution is 2.30. The van der Waals surface area contributed by atoms with Crippen molar-refractivity contribution in [2.75, 3.05) is 7.05 Å². The van der Waals surface area contributed by atoms with Crippen LogP contribution < -0.4 is 0 Å². The summed E-state index contributed by atoms with van der Waals surface area (Å²) in [6.45, 7) is 3.64. The first kappa shape index (κ1) is 20.0. The Balaban J connectivity index is 1.93. The molecule has 0 saturated carbocycles. The molecule has 0 aliphatic carbocycles. The summed E-state index contributed by atoms with van der Waals surface area (Å²) in [5, 5.41) is 14.2. The molecule has 0 bridgehead atoms. The fourth-order valence-corrected chi connectivity index (χ4v) is 3.49. The van der Waals surface area contributed by atoms with E-state index in [2.05, 4.69) is 0 Å². The normalized spacial score (nSPS) is 15.5. The number of carbonyl (C=O) groups excluding carboxylic acids is 2. The van der Waals surface area contributed by atoms with Crippen molar-refractivity contribution >= 4 is 17.9 Å². The molecule has 1 aliphatic rings. The highest BCUT2D eigenvalue weighted by atomic mass is 16.2. The fraction of sp³-hybridized carbons (Fsp3) is 0.120. The van der Waals surface area contributed by atoms with Crippen molar-refractivity contribution < 1.29 is 9.59 Å². The summed E-state index contributed by atoms with van der Waals surface area (Å²) >= 11 is 0. The summed E-state index contributed by atoms with van der Waals surface area (Å²) in [7, 11) is 1.39. The molecule has 1 aromatic heterocycles. The van der Waals surface area contributed by atoms with E-state index in [-0.39, 0.29) is 5.57 Å². The summed E-state index contributed by atoms with van der Waals surface area (Å²) in [6.07, 6.45) is 3.56. The maximum atomic E-state index is 12.8. The number of nitriles is 1. The third kappa shape index (κ3) is 3.58. The van der Waals surface area contributed by atoms with E-state index in [1.54, 1.807) is 17.7 Å². The molecule has 2 amide bonds. The number of para-hydroxylation sites is 1. The van der Waals surface area contributed by atoms with E-state index in [1.165, 1.54) is 7.05 Å². The smallest absolute Gasteiger partial charge is 0.271 e. The molecule has 31 heavy (non-hydrogen) atoms. The lowest BCUT2D eigenvalue weighted by Gasteiger charge is -2.23. The van der Waals surface area contributed by atoms with Crippen molar-refractivity contribution in [1.82, 2.24) is 14.7 Å². The average Bonchev–Trinajstić information content (AvgIpc) is 3.21. The van der Waals surface area contributed by atoms with Crippen LogP contribution in [0.3, 0.4) is 0 Å². The van der Waals surface area contributed by atoms with Gasteiger partial charge < -0.3 is 0 Å². The summed E-state index contributed by atoms with van der Waals surface area (Å²) in [5.41, 5.74) is 4.99. The highest BCUT2D eigenvalue weighted by molar-refractivity contribution is 6.19. The van der Waals surface area contributed by atoms with Gasteiger partial charge in [-0.3, -0.25) is 14.5 Å². The molecule has 4 rings (SSSR count). The second-order valence-corrected chi connectivity index (χ2v) is 7.42. The molecule has 152 valence electrons. The number of amides is 2. The molecule has 6 nitrogen and oxygen atoms in total. The molecule has 2 heterocycles. The van der Waals surface area contributed by atoms with Gasteiger partial charge in [0, 0.05) is 29.9 Å². The number of carbonyl (C=O) groups is 2. The Morgan fingerprint density at radius 3 is 2.29 bits per heavy atom. The Morgan fingerprint density at radius 1 is 0.968 bits per heavy atom. The van der Waals surface area contributed by atoms with Crippen LogP contribution in [0.4, 0.5) is 0 Å². The Bertz CT molecular complexity index is 1290. The molecule has 6 heteroatoms. The monoisotopic (exact) mass is 408 g/mol. The van der Waals surface area contributed by atoms with Gasteiger partial charge in [-0.25, -0.2) is 4.68 Å². The molecule has 3 aromatic rings. The van der Waals surface area contributed by atoms with E-state index in [0.29, 0.717) is 16.8 Å². The van der Waals surface area contributed by atoms with E-state index < -0.39 is 11.8 Å². The van der Waals surface area contributed by atoms with Crippen molar-refractivity contribution in [1.29, 1.82) is 5.26 Å². The number of hydrogen-bond donors (Lipinski definition) is 0. The van der Waals surface area contributed by atoms with Gasteiger partial charge in [-0.2, -0.15) is 10.4 Å². The third-order valence-corrected chi connectivity index (χ3v) is 5.33. The largest absolute Gasteiger partial charge is 0.277 e. The summed E-state index contributed by atoms with van der Waals surface area (Å²) in [5.74, 6) is -1.02. The first-order valence-electron chi connectivity index (χ1n) is 9.78. The first-order valence-corrected chi connectivity index (χ1v) is 9.78. The highest BCUT2D eigenvalue weighted by Gasteiger charge is 2.33. The van der Waals surface area contributed by atoms with E-state index >= 15 is 0 Å². The van der Waals surface area contributed by atoms with Gasteiger partial charge in [0.05, 0.1) is 11.4 Å². The number of aryl methyl sites for hydroxylation is 1. The van der Waals surface area contributed by atoms with Crippen LogP contribution in [0.5, 0.6) is 0 Å². The van der Waals surface area contributed by atoms with E-state index in [9.17, 15) is 14.9 Å². The number of aromatic nitrogens is 2. The summed E-state index contributed by atoms with van der Waals surface area (Å²) in [6, 6.07) is 19.6. The molecular weight excluding hydrogens is 388 g/mol. The predicted molar refractivity (Wildman–Crippen MR) is 118 cm³/mol. The van der Waals surface area contributed by atoms with Crippen molar-refractivity contribution in [3.8, 4) is 23.0 Å². The molecule has 0 fully saturated rings. The second kappa shape index (κ2) is 7.88. The van der Waals surface area contributed by atoms with Gasteiger partial charge in [0.25, 0.3) is 11.8 Å². The molecule has 0 radical (unpaired) electrons. The molecule has 1 aliphatic heterocycles. The van der Waals surface area contributed by atoms with E-state index in [0.717, 1.165) is 27.3 Å². The first-order chi connectivity index (χ1) is 14.9. The van der Waals surface area contributed by atoms with Crippen LogP contribution in [-0.2, 0) is 9.59 Å². The minimum atomic E-state index is -0.583. The minimum Gasteiger partial charge on any atom is -0.277 e. The number of rotatable bonds is 3.